The van der Waals surface area contributed by atoms with Gasteiger partial charge < -0.3 is 10.5 Å². The SMILES string of the molecule is COC(=O)c1cc(-c2c(-c3ccccc3)nc(N)n3c(=O)n(Cc4nonc4C)nc23)cc(C)n1. The first-order valence-corrected chi connectivity index (χ1v) is 10.6. The van der Waals surface area contributed by atoms with Crippen LogP contribution in [-0.2, 0) is 11.3 Å². The van der Waals surface area contributed by atoms with Crippen molar-refractivity contribution in [3.8, 4) is 22.4 Å². The van der Waals surface area contributed by atoms with E-state index in [9.17, 15) is 9.59 Å². The van der Waals surface area contributed by atoms with Crippen LogP contribution in [0.2, 0.25) is 0 Å². The Morgan fingerprint density at radius 1 is 1.09 bits per heavy atom. The summed E-state index contributed by atoms with van der Waals surface area (Å²) in [6.45, 7) is 3.50. The second kappa shape index (κ2) is 8.48. The predicted molar refractivity (Wildman–Crippen MR) is 125 cm³/mol. The standard InChI is InChI=1S/C23H20N8O4/c1-12-9-15(10-16(25-12)21(32)34-3)18-19(14-7-5-4-6-8-14)26-22(24)31-20(18)27-30(23(31)33)11-17-13(2)28-35-29-17/h4-10H,11H2,1-3H3,(H2,24,26). The Labute approximate surface area is 198 Å². The summed E-state index contributed by atoms with van der Waals surface area (Å²) >= 11 is 0. The molecular weight excluding hydrogens is 452 g/mol. The lowest BCUT2D eigenvalue weighted by molar-refractivity contribution is 0.0594. The number of hydrogen-bond donors (Lipinski definition) is 1. The number of hydrogen-bond acceptors (Lipinski definition) is 10. The molecule has 35 heavy (non-hydrogen) atoms. The number of fused-ring (bicyclic) bond motifs is 1. The summed E-state index contributed by atoms with van der Waals surface area (Å²) in [4.78, 5) is 34.4. The summed E-state index contributed by atoms with van der Waals surface area (Å²) in [6, 6.07) is 12.7. The van der Waals surface area contributed by atoms with E-state index < -0.39 is 11.7 Å². The molecule has 0 unspecified atom stereocenters. The molecule has 1 aromatic carbocycles. The molecule has 5 aromatic rings. The molecule has 0 spiro atoms. The fourth-order valence-electron chi connectivity index (χ4n) is 3.83. The molecule has 0 radical (unpaired) electrons. The van der Waals surface area contributed by atoms with E-state index in [2.05, 4.69) is 25.4 Å². The number of aryl methyl sites for hydroxylation is 2. The number of nitrogens with two attached hydrogens (primary N) is 1. The summed E-state index contributed by atoms with van der Waals surface area (Å²) in [6.07, 6.45) is 0. The number of nitrogens with zero attached hydrogens (tertiary/aromatic N) is 7. The van der Waals surface area contributed by atoms with E-state index in [0.29, 0.717) is 33.9 Å². The Balaban J connectivity index is 1.84. The second-order valence-electron chi connectivity index (χ2n) is 7.83. The van der Waals surface area contributed by atoms with E-state index in [0.717, 1.165) is 5.56 Å². The number of anilines is 1. The smallest absolute Gasteiger partial charge is 0.356 e. The minimum Gasteiger partial charge on any atom is -0.464 e. The van der Waals surface area contributed by atoms with Gasteiger partial charge >= 0.3 is 11.7 Å². The first-order chi connectivity index (χ1) is 16.9. The normalized spacial score (nSPS) is 11.2. The van der Waals surface area contributed by atoms with Crippen LogP contribution in [0.1, 0.15) is 27.6 Å². The van der Waals surface area contributed by atoms with Crippen molar-refractivity contribution >= 4 is 17.6 Å². The monoisotopic (exact) mass is 472 g/mol. The van der Waals surface area contributed by atoms with Gasteiger partial charge in [-0.2, -0.15) is 0 Å². The minimum atomic E-state index is -0.590. The van der Waals surface area contributed by atoms with Crippen molar-refractivity contribution < 1.29 is 14.2 Å². The lowest BCUT2D eigenvalue weighted by Gasteiger charge is -2.13. The molecular formula is C23H20N8O4. The van der Waals surface area contributed by atoms with Gasteiger partial charge in [-0.1, -0.05) is 40.6 Å². The van der Waals surface area contributed by atoms with Crippen molar-refractivity contribution in [2.45, 2.75) is 20.4 Å². The minimum absolute atomic E-state index is 0.0260. The van der Waals surface area contributed by atoms with Gasteiger partial charge in [-0.15, -0.1) is 5.10 Å². The van der Waals surface area contributed by atoms with Crippen LogP contribution in [0.3, 0.4) is 0 Å². The molecule has 12 nitrogen and oxygen atoms in total. The first kappa shape index (κ1) is 21.9. The van der Waals surface area contributed by atoms with E-state index in [1.54, 1.807) is 26.0 Å². The third-order valence-electron chi connectivity index (χ3n) is 5.48. The number of carbonyl (C=O) groups is 1. The Bertz CT molecular complexity index is 1640. The lowest BCUT2D eigenvalue weighted by Crippen LogP contribution is -2.24. The topological polar surface area (TPSA) is 156 Å². The molecule has 0 atom stereocenters. The van der Waals surface area contributed by atoms with Crippen molar-refractivity contribution in [1.29, 1.82) is 0 Å². The van der Waals surface area contributed by atoms with Gasteiger partial charge in [-0.3, -0.25) is 0 Å². The number of nitrogen functional groups attached to an aromatic ring is 1. The number of aromatic nitrogens is 7. The maximum absolute atomic E-state index is 13.3. The zero-order chi connectivity index (χ0) is 24.7. The molecule has 0 aliphatic heterocycles. The van der Waals surface area contributed by atoms with Gasteiger partial charge in [0.1, 0.15) is 17.1 Å². The van der Waals surface area contributed by atoms with Crippen LogP contribution in [-0.4, -0.2) is 47.5 Å². The maximum atomic E-state index is 13.3. The summed E-state index contributed by atoms with van der Waals surface area (Å²) < 4.78 is 12.0. The summed E-state index contributed by atoms with van der Waals surface area (Å²) in [7, 11) is 1.28. The van der Waals surface area contributed by atoms with E-state index in [1.165, 1.54) is 16.2 Å². The van der Waals surface area contributed by atoms with Crippen molar-refractivity contribution in [2.75, 3.05) is 12.8 Å². The van der Waals surface area contributed by atoms with Gasteiger partial charge in [-0.25, -0.2) is 33.3 Å². The Hall–Kier alpha value is -4.87. The van der Waals surface area contributed by atoms with Crippen molar-refractivity contribution in [3.05, 3.63) is 75.7 Å². The fourth-order valence-corrected chi connectivity index (χ4v) is 3.83. The Morgan fingerprint density at radius 2 is 1.86 bits per heavy atom. The molecule has 0 fully saturated rings. The van der Waals surface area contributed by atoms with Gasteiger partial charge in [0.25, 0.3) is 0 Å². The number of ether oxygens (including phenoxy) is 1. The molecule has 176 valence electrons. The molecule has 4 heterocycles. The Morgan fingerprint density at radius 3 is 2.54 bits per heavy atom. The molecule has 0 bridgehead atoms. The zero-order valence-corrected chi connectivity index (χ0v) is 19.1. The van der Waals surface area contributed by atoms with Crippen LogP contribution in [0.4, 0.5) is 5.95 Å². The quantitative estimate of drug-likeness (QED) is 0.375. The van der Waals surface area contributed by atoms with E-state index in [1.807, 2.05) is 30.3 Å². The Kier molecular flexibility index (Phi) is 5.32. The van der Waals surface area contributed by atoms with E-state index >= 15 is 0 Å². The largest absolute Gasteiger partial charge is 0.464 e. The molecule has 5 rings (SSSR count). The highest BCUT2D eigenvalue weighted by molar-refractivity contribution is 5.94. The van der Waals surface area contributed by atoms with Crippen molar-refractivity contribution in [3.63, 3.8) is 0 Å². The first-order valence-electron chi connectivity index (χ1n) is 10.6. The average Bonchev–Trinajstić information content (AvgIpc) is 3.41. The molecule has 12 heteroatoms. The maximum Gasteiger partial charge on any atom is 0.356 e. The number of methoxy groups -OCH3 is 1. The van der Waals surface area contributed by atoms with Gasteiger partial charge in [0.2, 0.25) is 5.95 Å². The van der Waals surface area contributed by atoms with Crippen molar-refractivity contribution in [1.82, 2.24) is 34.5 Å². The molecule has 4 aromatic heterocycles. The molecule has 0 aliphatic carbocycles. The predicted octanol–water partition coefficient (Wildman–Crippen LogP) is 2.04. The highest BCUT2D eigenvalue weighted by atomic mass is 16.6. The summed E-state index contributed by atoms with van der Waals surface area (Å²) in [5.41, 5.74) is 10.0. The van der Waals surface area contributed by atoms with Crippen LogP contribution in [0.15, 0.2) is 51.9 Å². The number of esters is 1. The molecule has 0 saturated heterocycles. The third-order valence-corrected chi connectivity index (χ3v) is 5.48. The number of carbonyl (C=O) groups excluding carboxylic acids is 1. The molecule has 0 amide bonds. The van der Waals surface area contributed by atoms with Crippen LogP contribution in [0, 0.1) is 13.8 Å². The molecule has 0 aliphatic rings. The van der Waals surface area contributed by atoms with Gasteiger partial charge in [0.05, 0.1) is 24.9 Å². The molecule has 0 saturated carbocycles. The summed E-state index contributed by atoms with van der Waals surface area (Å²) in [5, 5.41) is 12.2. The van der Waals surface area contributed by atoms with E-state index in [4.69, 9.17) is 15.1 Å². The number of pyridine rings is 1. The van der Waals surface area contributed by atoms with Crippen LogP contribution < -0.4 is 11.4 Å². The molecule has 2 N–H and O–H groups in total. The van der Waals surface area contributed by atoms with Gasteiger partial charge in [0.15, 0.2) is 5.65 Å². The highest BCUT2D eigenvalue weighted by Gasteiger charge is 2.23. The number of benzene rings is 1. The van der Waals surface area contributed by atoms with Crippen LogP contribution in [0.25, 0.3) is 28.0 Å². The fraction of sp³-hybridized carbons (Fsp3) is 0.174. The lowest BCUT2D eigenvalue weighted by atomic mass is 9.99. The van der Waals surface area contributed by atoms with Crippen LogP contribution in [0.5, 0.6) is 0 Å². The highest BCUT2D eigenvalue weighted by Crippen LogP contribution is 2.35. The van der Waals surface area contributed by atoms with Gasteiger partial charge in [0, 0.05) is 11.3 Å². The van der Waals surface area contributed by atoms with Crippen LogP contribution >= 0.6 is 0 Å². The van der Waals surface area contributed by atoms with Gasteiger partial charge in [-0.05, 0) is 31.5 Å². The van der Waals surface area contributed by atoms with Crippen molar-refractivity contribution in [2.24, 2.45) is 0 Å². The third kappa shape index (κ3) is 3.80. The summed E-state index contributed by atoms with van der Waals surface area (Å²) in [5.74, 6) is -0.625. The number of rotatable bonds is 5. The zero-order valence-electron chi connectivity index (χ0n) is 19.1. The second-order valence-corrected chi connectivity index (χ2v) is 7.83. The van der Waals surface area contributed by atoms with E-state index in [-0.39, 0.29) is 23.8 Å². The average molecular weight is 472 g/mol.